The molecule has 2 rings (SSSR count). The normalized spacial score (nSPS) is 37.2. The summed E-state index contributed by atoms with van der Waals surface area (Å²) in [5.41, 5.74) is -0.785. The molecule has 5 nitrogen and oxygen atoms in total. The van der Waals surface area contributed by atoms with Gasteiger partial charge in [0.1, 0.15) is 11.6 Å². The summed E-state index contributed by atoms with van der Waals surface area (Å²) in [6.45, 7) is 10.3. The molecule has 5 heteroatoms. The second-order valence-corrected chi connectivity index (χ2v) is 6.97. The van der Waals surface area contributed by atoms with Crippen LogP contribution in [0.15, 0.2) is 0 Å². The SMILES string of the molecule is CCC1(C)NC(=O)C(C(C)C)N(CC2CCC(C)O2)C1=O. The molecule has 0 saturated carbocycles. The number of hydrogen-bond acceptors (Lipinski definition) is 3. The Labute approximate surface area is 127 Å². The van der Waals surface area contributed by atoms with Gasteiger partial charge >= 0.3 is 0 Å². The van der Waals surface area contributed by atoms with Crippen molar-refractivity contribution in [2.24, 2.45) is 5.92 Å². The molecule has 4 unspecified atom stereocenters. The maximum Gasteiger partial charge on any atom is 0.248 e. The average molecular weight is 296 g/mol. The molecule has 21 heavy (non-hydrogen) atoms. The molecule has 1 N–H and O–H groups in total. The summed E-state index contributed by atoms with van der Waals surface area (Å²) in [7, 11) is 0. The van der Waals surface area contributed by atoms with Gasteiger partial charge in [0.2, 0.25) is 11.8 Å². The van der Waals surface area contributed by atoms with Gasteiger partial charge in [-0.25, -0.2) is 0 Å². The molecule has 120 valence electrons. The molecule has 2 aliphatic rings. The topological polar surface area (TPSA) is 58.6 Å². The van der Waals surface area contributed by atoms with Crippen LogP contribution >= 0.6 is 0 Å². The fourth-order valence-corrected chi connectivity index (χ4v) is 3.32. The zero-order valence-electron chi connectivity index (χ0n) is 13.8. The Morgan fingerprint density at radius 2 is 2.05 bits per heavy atom. The minimum absolute atomic E-state index is 0.0199. The first kappa shape index (κ1) is 16.3. The standard InChI is InChI=1S/C16H28N2O3/c1-6-16(5)15(20)18(9-12-8-7-11(4)21-12)13(10(2)3)14(19)17-16/h10-13H,6-9H2,1-5H3,(H,17,19). The van der Waals surface area contributed by atoms with Gasteiger partial charge in [0.05, 0.1) is 12.2 Å². The zero-order chi connectivity index (χ0) is 15.8. The molecule has 0 aromatic rings. The number of nitrogens with zero attached hydrogens (tertiary/aromatic N) is 1. The third-order valence-electron chi connectivity index (χ3n) is 4.80. The van der Waals surface area contributed by atoms with E-state index >= 15 is 0 Å². The molecule has 4 atom stereocenters. The lowest BCUT2D eigenvalue weighted by molar-refractivity contribution is -0.158. The number of hydrogen-bond donors (Lipinski definition) is 1. The van der Waals surface area contributed by atoms with Gasteiger partial charge in [0, 0.05) is 6.54 Å². The molecule has 0 aromatic carbocycles. The maximum absolute atomic E-state index is 12.9. The summed E-state index contributed by atoms with van der Waals surface area (Å²) in [6.07, 6.45) is 2.88. The van der Waals surface area contributed by atoms with Gasteiger partial charge in [-0.3, -0.25) is 9.59 Å². The van der Waals surface area contributed by atoms with Crippen LogP contribution in [0.2, 0.25) is 0 Å². The minimum Gasteiger partial charge on any atom is -0.373 e. The Balaban J connectivity index is 2.22. The Morgan fingerprint density at radius 3 is 2.52 bits per heavy atom. The van der Waals surface area contributed by atoms with Crippen molar-refractivity contribution in [2.45, 2.75) is 77.7 Å². The molecule has 0 aliphatic carbocycles. The van der Waals surface area contributed by atoms with Gasteiger partial charge in [-0.2, -0.15) is 0 Å². The van der Waals surface area contributed by atoms with E-state index in [0.717, 1.165) is 12.8 Å². The minimum atomic E-state index is -0.785. The van der Waals surface area contributed by atoms with E-state index in [1.807, 2.05) is 27.7 Å². The molecular formula is C16H28N2O3. The first-order chi connectivity index (χ1) is 9.78. The molecule has 2 aliphatic heterocycles. The van der Waals surface area contributed by atoms with E-state index in [4.69, 9.17) is 4.74 Å². The number of carbonyl (C=O) groups is 2. The van der Waals surface area contributed by atoms with Gasteiger partial charge in [-0.05, 0) is 39.0 Å². The number of amides is 2. The van der Waals surface area contributed by atoms with Crippen molar-refractivity contribution in [2.75, 3.05) is 6.54 Å². The monoisotopic (exact) mass is 296 g/mol. The summed E-state index contributed by atoms with van der Waals surface area (Å²) < 4.78 is 5.85. The number of piperazine rings is 1. The highest BCUT2D eigenvalue weighted by Gasteiger charge is 2.48. The average Bonchev–Trinajstić information content (AvgIpc) is 2.80. The lowest BCUT2D eigenvalue weighted by Crippen LogP contribution is -2.70. The molecular weight excluding hydrogens is 268 g/mol. The fraction of sp³-hybridized carbons (Fsp3) is 0.875. The third-order valence-corrected chi connectivity index (χ3v) is 4.80. The van der Waals surface area contributed by atoms with Crippen LogP contribution in [0.3, 0.4) is 0 Å². The van der Waals surface area contributed by atoms with Crippen LogP contribution in [-0.4, -0.2) is 47.0 Å². The van der Waals surface area contributed by atoms with Crippen molar-refractivity contribution in [3.63, 3.8) is 0 Å². The van der Waals surface area contributed by atoms with E-state index < -0.39 is 11.6 Å². The van der Waals surface area contributed by atoms with Crippen molar-refractivity contribution in [3.05, 3.63) is 0 Å². The van der Waals surface area contributed by atoms with Crippen molar-refractivity contribution in [1.29, 1.82) is 0 Å². The summed E-state index contributed by atoms with van der Waals surface area (Å²) >= 11 is 0. The van der Waals surface area contributed by atoms with Crippen molar-refractivity contribution >= 4 is 11.8 Å². The highest BCUT2D eigenvalue weighted by Crippen LogP contribution is 2.28. The summed E-state index contributed by atoms with van der Waals surface area (Å²) in [5, 5.41) is 2.92. The highest BCUT2D eigenvalue weighted by atomic mass is 16.5. The van der Waals surface area contributed by atoms with Gasteiger partial charge in [0.15, 0.2) is 0 Å². The van der Waals surface area contributed by atoms with E-state index in [0.29, 0.717) is 13.0 Å². The molecule has 0 radical (unpaired) electrons. The lowest BCUT2D eigenvalue weighted by Gasteiger charge is -2.46. The van der Waals surface area contributed by atoms with Gasteiger partial charge in [-0.15, -0.1) is 0 Å². The number of carbonyl (C=O) groups excluding carboxylic acids is 2. The largest absolute Gasteiger partial charge is 0.373 e. The molecule has 2 saturated heterocycles. The van der Waals surface area contributed by atoms with Crippen LogP contribution in [0, 0.1) is 5.92 Å². The number of nitrogens with one attached hydrogen (secondary N) is 1. The smallest absolute Gasteiger partial charge is 0.248 e. The lowest BCUT2D eigenvalue weighted by atomic mass is 9.88. The van der Waals surface area contributed by atoms with Crippen LogP contribution in [0.25, 0.3) is 0 Å². The summed E-state index contributed by atoms with van der Waals surface area (Å²) in [4.78, 5) is 27.1. The Bertz CT molecular complexity index is 424. The molecule has 2 amide bonds. The second kappa shape index (κ2) is 5.95. The van der Waals surface area contributed by atoms with Crippen molar-refractivity contribution in [3.8, 4) is 0 Å². The van der Waals surface area contributed by atoms with E-state index in [9.17, 15) is 9.59 Å². The van der Waals surface area contributed by atoms with Crippen LogP contribution in [0.5, 0.6) is 0 Å². The fourth-order valence-electron chi connectivity index (χ4n) is 3.32. The Morgan fingerprint density at radius 1 is 1.38 bits per heavy atom. The quantitative estimate of drug-likeness (QED) is 0.859. The molecule has 0 spiro atoms. The molecule has 0 bridgehead atoms. The van der Waals surface area contributed by atoms with Crippen molar-refractivity contribution < 1.29 is 14.3 Å². The van der Waals surface area contributed by atoms with Gasteiger partial charge in [0.25, 0.3) is 0 Å². The second-order valence-electron chi connectivity index (χ2n) is 6.97. The van der Waals surface area contributed by atoms with E-state index in [2.05, 4.69) is 12.2 Å². The van der Waals surface area contributed by atoms with Crippen molar-refractivity contribution in [1.82, 2.24) is 10.2 Å². The molecule has 0 aromatic heterocycles. The Hall–Kier alpha value is -1.10. The van der Waals surface area contributed by atoms with Gasteiger partial charge in [-0.1, -0.05) is 20.8 Å². The molecule has 2 fully saturated rings. The van der Waals surface area contributed by atoms with Crippen LogP contribution in [-0.2, 0) is 14.3 Å². The van der Waals surface area contributed by atoms with Crippen LogP contribution in [0.1, 0.15) is 53.9 Å². The number of rotatable bonds is 4. The summed E-state index contributed by atoms with van der Waals surface area (Å²) in [5.74, 6) is 0.0700. The van der Waals surface area contributed by atoms with E-state index in [1.54, 1.807) is 4.90 Å². The van der Waals surface area contributed by atoms with E-state index in [1.165, 1.54) is 0 Å². The third kappa shape index (κ3) is 3.07. The maximum atomic E-state index is 12.9. The van der Waals surface area contributed by atoms with E-state index in [-0.39, 0.29) is 29.9 Å². The number of ether oxygens (including phenoxy) is 1. The Kier molecular flexibility index (Phi) is 4.61. The zero-order valence-corrected chi connectivity index (χ0v) is 13.8. The predicted molar refractivity (Wildman–Crippen MR) is 80.7 cm³/mol. The predicted octanol–water partition coefficient (Wildman–Crippen LogP) is 1.71. The first-order valence-corrected chi connectivity index (χ1v) is 8.07. The van der Waals surface area contributed by atoms with Crippen LogP contribution in [0.4, 0.5) is 0 Å². The first-order valence-electron chi connectivity index (χ1n) is 8.07. The highest BCUT2D eigenvalue weighted by molar-refractivity contribution is 5.99. The summed E-state index contributed by atoms with van der Waals surface area (Å²) in [6, 6.07) is -0.392. The van der Waals surface area contributed by atoms with Gasteiger partial charge < -0.3 is 15.0 Å². The molecule has 2 heterocycles. The van der Waals surface area contributed by atoms with Crippen LogP contribution < -0.4 is 5.32 Å².